The molecule has 0 aromatic carbocycles. The van der Waals surface area contributed by atoms with Crippen molar-refractivity contribution < 1.29 is 0 Å². The van der Waals surface area contributed by atoms with Gasteiger partial charge in [-0.1, -0.05) is 61.0 Å². The standard InChI is InChI=1S/C15H30/c1-9-11-13(15(6,7)8)12(10-2)14(3,4)5/h9,12-13H,1,10-11H2,2-8H3. The lowest BCUT2D eigenvalue weighted by molar-refractivity contribution is 0.0697. The lowest BCUT2D eigenvalue weighted by Crippen LogP contribution is -2.35. The minimum atomic E-state index is 0.377. The largest absolute Gasteiger partial charge is 0.103 e. The molecule has 15 heavy (non-hydrogen) atoms. The second kappa shape index (κ2) is 5.18. The Balaban J connectivity index is 4.95. The first-order valence-electron chi connectivity index (χ1n) is 6.25. The van der Waals surface area contributed by atoms with Gasteiger partial charge in [-0.05, 0) is 29.1 Å². The molecule has 0 aliphatic carbocycles. The van der Waals surface area contributed by atoms with Gasteiger partial charge in [0.15, 0.2) is 0 Å². The van der Waals surface area contributed by atoms with E-state index in [9.17, 15) is 0 Å². The van der Waals surface area contributed by atoms with E-state index in [0.29, 0.717) is 10.8 Å². The summed E-state index contributed by atoms with van der Waals surface area (Å²) in [4.78, 5) is 0. The molecule has 0 amide bonds. The van der Waals surface area contributed by atoms with Gasteiger partial charge in [0, 0.05) is 0 Å². The first kappa shape index (κ1) is 14.7. The molecule has 0 heteroatoms. The van der Waals surface area contributed by atoms with Gasteiger partial charge >= 0.3 is 0 Å². The minimum absolute atomic E-state index is 0.377. The Labute approximate surface area is 97.2 Å². The topological polar surface area (TPSA) is 0 Å². The van der Waals surface area contributed by atoms with E-state index in [0.717, 1.165) is 18.3 Å². The summed E-state index contributed by atoms with van der Waals surface area (Å²) in [6.45, 7) is 20.4. The molecule has 0 aromatic rings. The molecule has 0 radical (unpaired) electrons. The van der Waals surface area contributed by atoms with E-state index in [4.69, 9.17) is 0 Å². The third-order valence-electron chi connectivity index (χ3n) is 3.57. The Morgan fingerprint density at radius 1 is 0.933 bits per heavy atom. The summed E-state index contributed by atoms with van der Waals surface area (Å²) in [7, 11) is 0. The van der Waals surface area contributed by atoms with Gasteiger partial charge in [-0.15, -0.1) is 6.58 Å². The average molecular weight is 210 g/mol. The molecule has 0 fully saturated rings. The molecule has 2 atom stereocenters. The summed E-state index contributed by atoms with van der Waals surface area (Å²) in [6, 6.07) is 0. The molecule has 0 aromatic heterocycles. The monoisotopic (exact) mass is 210 g/mol. The van der Waals surface area contributed by atoms with Gasteiger partial charge in [0.05, 0.1) is 0 Å². The predicted octanol–water partition coefficient (Wildman–Crippen LogP) is 5.30. The van der Waals surface area contributed by atoms with Gasteiger partial charge in [0.1, 0.15) is 0 Å². The Morgan fingerprint density at radius 2 is 1.33 bits per heavy atom. The Morgan fingerprint density at radius 3 is 1.53 bits per heavy atom. The molecular weight excluding hydrogens is 180 g/mol. The summed E-state index contributed by atoms with van der Waals surface area (Å²) in [5.74, 6) is 1.51. The predicted molar refractivity (Wildman–Crippen MR) is 71.0 cm³/mol. The molecule has 0 spiro atoms. The van der Waals surface area contributed by atoms with Gasteiger partial charge in [0.2, 0.25) is 0 Å². The number of hydrogen-bond acceptors (Lipinski definition) is 0. The van der Waals surface area contributed by atoms with Crippen LogP contribution in [0.25, 0.3) is 0 Å². The van der Waals surface area contributed by atoms with Gasteiger partial charge in [-0.3, -0.25) is 0 Å². The maximum atomic E-state index is 3.91. The van der Waals surface area contributed by atoms with Crippen LogP contribution in [0, 0.1) is 22.7 Å². The number of rotatable bonds is 4. The molecule has 0 N–H and O–H groups in total. The van der Waals surface area contributed by atoms with E-state index >= 15 is 0 Å². The first-order valence-corrected chi connectivity index (χ1v) is 6.25. The van der Waals surface area contributed by atoms with Crippen molar-refractivity contribution in [2.45, 2.75) is 61.3 Å². The van der Waals surface area contributed by atoms with Crippen LogP contribution in [-0.4, -0.2) is 0 Å². The first-order chi connectivity index (χ1) is 6.64. The van der Waals surface area contributed by atoms with Crippen molar-refractivity contribution in [2.24, 2.45) is 22.7 Å². The van der Waals surface area contributed by atoms with Crippen molar-refractivity contribution in [3.63, 3.8) is 0 Å². The fourth-order valence-corrected chi connectivity index (χ4v) is 2.80. The molecule has 0 saturated heterocycles. The van der Waals surface area contributed by atoms with Crippen LogP contribution in [-0.2, 0) is 0 Å². The SMILES string of the molecule is C=CCC(C(CC)C(C)(C)C)C(C)(C)C. The molecule has 0 nitrogen and oxygen atoms in total. The van der Waals surface area contributed by atoms with E-state index in [1.165, 1.54) is 6.42 Å². The van der Waals surface area contributed by atoms with Crippen LogP contribution >= 0.6 is 0 Å². The maximum absolute atomic E-state index is 3.91. The van der Waals surface area contributed by atoms with E-state index in [2.05, 4.69) is 61.1 Å². The normalized spacial score (nSPS) is 17.3. The molecule has 0 aliphatic heterocycles. The van der Waals surface area contributed by atoms with E-state index in [1.807, 2.05) is 0 Å². The summed E-state index contributed by atoms with van der Waals surface area (Å²) in [6.07, 6.45) is 4.49. The highest BCUT2D eigenvalue weighted by molar-refractivity contribution is 4.90. The molecular formula is C15H30. The van der Waals surface area contributed by atoms with Gasteiger partial charge < -0.3 is 0 Å². The van der Waals surface area contributed by atoms with Crippen LogP contribution in [0.15, 0.2) is 12.7 Å². The zero-order valence-electron chi connectivity index (χ0n) is 11.9. The van der Waals surface area contributed by atoms with E-state index in [1.54, 1.807) is 0 Å². The van der Waals surface area contributed by atoms with Crippen molar-refractivity contribution >= 4 is 0 Å². The number of hydrogen-bond donors (Lipinski definition) is 0. The second-order valence-corrected chi connectivity index (χ2v) is 6.88. The van der Waals surface area contributed by atoms with Crippen LogP contribution in [0.5, 0.6) is 0 Å². The Kier molecular flexibility index (Phi) is 5.09. The lowest BCUT2D eigenvalue weighted by atomic mass is 9.62. The molecule has 0 heterocycles. The molecule has 0 aliphatic rings. The van der Waals surface area contributed by atoms with Crippen molar-refractivity contribution in [3.8, 4) is 0 Å². The number of allylic oxidation sites excluding steroid dienone is 1. The Bertz CT molecular complexity index is 187. The summed E-state index contributed by atoms with van der Waals surface area (Å²) >= 11 is 0. The van der Waals surface area contributed by atoms with Crippen molar-refractivity contribution in [1.82, 2.24) is 0 Å². The average Bonchev–Trinajstić information content (AvgIpc) is 2.00. The van der Waals surface area contributed by atoms with Crippen molar-refractivity contribution in [2.75, 3.05) is 0 Å². The van der Waals surface area contributed by atoms with Crippen LogP contribution in [0.1, 0.15) is 61.3 Å². The van der Waals surface area contributed by atoms with Crippen LogP contribution < -0.4 is 0 Å². The fourth-order valence-electron chi connectivity index (χ4n) is 2.80. The highest BCUT2D eigenvalue weighted by Gasteiger charge is 2.36. The molecule has 0 rings (SSSR count). The smallest absolute Gasteiger partial charge is 0.0298 e. The quantitative estimate of drug-likeness (QED) is 0.553. The van der Waals surface area contributed by atoms with Crippen molar-refractivity contribution in [3.05, 3.63) is 12.7 Å². The van der Waals surface area contributed by atoms with Crippen LogP contribution in [0.3, 0.4) is 0 Å². The van der Waals surface area contributed by atoms with E-state index < -0.39 is 0 Å². The second-order valence-electron chi connectivity index (χ2n) is 6.88. The molecule has 90 valence electrons. The van der Waals surface area contributed by atoms with Crippen molar-refractivity contribution in [1.29, 1.82) is 0 Å². The summed E-state index contributed by atoms with van der Waals surface area (Å²) < 4.78 is 0. The van der Waals surface area contributed by atoms with Crippen LogP contribution in [0.2, 0.25) is 0 Å². The molecule has 0 saturated carbocycles. The minimum Gasteiger partial charge on any atom is -0.103 e. The Hall–Kier alpha value is -0.260. The fraction of sp³-hybridized carbons (Fsp3) is 0.867. The highest BCUT2D eigenvalue weighted by atomic mass is 14.4. The lowest BCUT2D eigenvalue weighted by Gasteiger charge is -2.43. The zero-order chi connectivity index (χ0) is 12.3. The highest BCUT2D eigenvalue weighted by Crippen LogP contribution is 2.44. The zero-order valence-corrected chi connectivity index (χ0v) is 11.9. The van der Waals surface area contributed by atoms with Crippen LogP contribution in [0.4, 0.5) is 0 Å². The third-order valence-corrected chi connectivity index (χ3v) is 3.57. The van der Waals surface area contributed by atoms with E-state index in [-0.39, 0.29) is 0 Å². The van der Waals surface area contributed by atoms with Gasteiger partial charge in [-0.2, -0.15) is 0 Å². The summed E-state index contributed by atoms with van der Waals surface area (Å²) in [5, 5.41) is 0. The van der Waals surface area contributed by atoms with Gasteiger partial charge in [-0.25, -0.2) is 0 Å². The van der Waals surface area contributed by atoms with Gasteiger partial charge in [0.25, 0.3) is 0 Å². The summed E-state index contributed by atoms with van der Waals surface area (Å²) in [5.41, 5.74) is 0.776. The molecule has 0 bridgehead atoms. The maximum Gasteiger partial charge on any atom is -0.0298 e. The molecule has 2 unspecified atom stereocenters. The third kappa shape index (κ3) is 4.40.